The summed E-state index contributed by atoms with van der Waals surface area (Å²) in [6.07, 6.45) is -3.65. The third kappa shape index (κ3) is 3.99. The molecule has 0 spiro atoms. The Morgan fingerprint density at radius 3 is 2.45 bits per heavy atom. The van der Waals surface area contributed by atoms with Crippen molar-refractivity contribution in [3.05, 3.63) is 35.4 Å². The topological polar surface area (TPSA) is 55.4 Å². The molecule has 1 N–H and O–H groups in total. The van der Waals surface area contributed by atoms with Crippen molar-refractivity contribution in [1.29, 1.82) is 0 Å². The summed E-state index contributed by atoms with van der Waals surface area (Å²) >= 11 is 0. The number of rotatable bonds is 5. The van der Waals surface area contributed by atoms with Crippen LogP contribution < -0.4 is 5.32 Å². The molecule has 1 aliphatic rings. The van der Waals surface area contributed by atoms with Gasteiger partial charge in [-0.25, -0.2) is 0 Å². The predicted molar refractivity (Wildman–Crippen MR) is 71.9 cm³/mol. The number of hydrogen-bond acceptors (Lipinski definition) is 3. The minimum atomic E-state index is -4.35. The molecule has 0 aromatic heterocycles. The fourth-order valence-corrected chi connectivity index (χ4v) is 2.29. The van der Waals surface area contributed by atoms with E-state index in [0.29, 0.717) is 6.42 Å². The first kappa shape index (κ1) is 16.3. The maximum Gasteiger partial charge on any atom is 0.416 e. The highest BCUT2D eigenvalue weighted by Gasteiger charge is 2.44. The molecule has 1 saturated carbocycles. The van der Waals surface area contributed by atoms with Gasteiger partial charge >= 0.3 is 12.1 Å². The number of carbonyl (C=O) groups excluding carboxylic acids is 2. The first-order valence-corrected chi connectivity index (χ1v) is 6.84. The fourth-order valence-electron chi connectivity index (χ4n) is 2.29. The second-order valence-electron chi connectivity index (χ2n) is 5.19. The van der Waals surface area contributed by atoms with Crippen LogP contribution in [0.4, 0.5) is 13.2 Å². The van der Waals surface area contributed by atoms with E-state index < -0.39 is 17.7 Å². The van der Waals surface area contributed by atoms with Crippen LogP contribution >= 0.6 is 0 Å². The van der Waals surface area contributed by atoms with Crippen LogP contribution in [0, 0.1) is 5.92 Å². The van der Waals surface area contributed by atoms with Crippen LogP contribution in [0.5, 0.6) is 0 Å². The quantitative estimate of drug-likeness (QED) is 0.849. The largest absolute Gasteiger partial charge is 0.469 e. The van der Waals surface area contributed by atoms with Crippen molar-refractivity contribution in [2.75, 3.05) is 13.7 Å². The minimum absolute atomic E-state index is 0.0552. The van der Waals surface area contributed by atoms with Crippen LogP contribution in [0.15, 0.2) is 24.3 Å². The fraction of sp³-hybridized carbons (Fsp3) is 0.467. The molecule has 0 aliphatic heterocycles. The average molecular weight is 315 g/mol. The van der Waals surface area contributed by atoms with Gasteiger partial charge in [0.1, 0.15) is 0 Å². The SMILES string of the molecule is COC(=O)CCNC(=O)C1CC1c1ccc(C(F)(F)F)cc1. The van der Waals surface area contributed by atoms with E-state index in [0.717, 1.165) is 17.7 Å². The smallest absolute Gasteiger partial charge is 0.416 e. The van der Waals surface area contributed by atoms with Crippen LogP contribution in [0.3, 0.4) is 0 Å². The van der Waals surface area contributed by atoms with Crippen LogP contribution in [0.1, 0.15) is 29.9 Å². The lowest BCUT2D eigenvalue weighted by atomic mass is 10.1. The van der Waals surface area contributed by atoms with Gasteiger partial charge in [-0.15, -0.1) is 0 Å². The summed E-state index contributed by atoms with van der Waals surface area (Å²) in [5.41, 5.74) is 0.0251. The predicted octanol–water partition coefficient (Wildman–Crippen LogP) is 2.49. The molecular formula is C15H16F3NO3. The van der Waals surface area contributed by atoms with Gasteiger partial charge in [-0.05, 0) is 30.0 Å². The molecule has 22 heavy (non-hydrogen) atoms. The summed E-state index contributed by atoms with van der Waals surface area (Å²) in [4.78, 5) is 22.8. The van der Waals surface area contributed by atoms with E-state index in [9.17, 15) is 22.8 Å². The molecule has 1 amide bonds. The number of carbonyl (C=O) groups is 2. The first-order valence-electron chi connectivity index (χ1n) is 6.84. The van der Waals surface area contributed by atoms with Gasteiger partial charge in [0.05, 0.1) is 19.1 Å². The van der Waals surface area contributed by atoms with E-state index in [-0.39, 0.29) is 30.7 Å². The second kappa shape index (κ2) is 6.37. The number of hydrogen-bond donors (Lipinski definition) is 1. The van der Waals surface area contributed by atoms with Crippen LogP contribution in [-0.2, 0) is 20.5 Å². The van der Waals surface area contributed by atoms with E-state index in [1.165, 1.54) is 19.2 Å². The van der Waals surface area contributed by atoms with Crippen molar-refractivity contribution >= 4 is 11.9 Å². The van der Waals surface area contributed by atoms with E-state index in [1.807, 2.05) is 0 Å². The van der Waals surface area contributed by atoms with Gasteiger partial charge in [-0.3, -0.25) is 9.59 Å². The Hall–Kier alpha value is -2.05. The second-order valence-corrected chi connectivity index (χ2v) is 5.19. The number of alkyl halides is 3. The molecule has 0 heterocycles. The zero-order valence-corrected chi connectivity index (χ0v) is 11.9. The number of nitrogens with one attached hydrogen (secondary N) is 1. The third-order valence-electron chi connectivity index (χ3n) is 3.65. The Balaban J connectivity index is 1.84. The maximum absolute atomic E-state index is 12.5. The molecule has 2 unspecified atom stereocenters. The van der Waals surface area contributed by atoms with Crippen molar-refractivity contribution in [3.8, 4) is 0 Å². The number of ether oxygens (including phenoxy) is 1. The minimum Gasteiger partial charge on any atom is -0.469 e. The Morgan fingerprint density at radius 1 is 1.27 bits per heavy atom. The lowest BCUT2D eigenvalue weighted by molar-refractivity contribution is -0.140. The molecule has 0 radical (unpaired) electrons. The number of methoxy groups -OCH3 is 1. The van der Waals surface area contributed by atoms with Crippen molar-refractivity contribution in [3.63, 3.8) is 0 Å². The normalized spacial score (nSPS) is 20.4. The Bertz CT molecular complexity index is 554. The van der Waals surface area contributed by atoms with Crippen LogP contribution in [0.25, 0.3) is 0 Å². The molecule has 1 aromatic carbocycles. The van der Waals surface area contributed by atoms with E-state index >= 15 is 0 Å². The molecule has 2 atom stereocenters. The van der Waals surface area contributed by atoms with Gasteiger partial charge in [0, 0.05) is 12.5 Å². The lowest BCUT2D eigenvalue weighted by Crippen LogP contribution is -2.28. The van der Waals surface area contributed by atoms with E-state index in [1.54, 1.807) is 0 Å². The van der Waals surface area contributed by atoms with Gasteiger partial charge in [0.25, 0.3) is 0 Å². The zero-order chi connectivity index (χ0) is 16.3. The number of halogens is 3. The molecule has 1 aliphatic carbocycles. The summed E-state index contributed by atoms with van der Waals surface area (Å²) < 4.78 is 41.9. The summed E-state index contributed by atoms with van der Waals surface area (Å²) in [6, 6.07) is 4.88. The number of esters is 1. The van der Waals surface area contributed by atoms with Gasteiger partial charge < -0.3 is 10.1 Å². The summed E-state index contributed by atoms with van der Waals surface area (Å²) in [6.45, 7) is 0.196. The van der Waals surface area contributed by atoms with Crippen LogP contribution in [0.2, 0.25) is 0 Å². The molecule has 0 bridgehead atoms. The summed E-state index contributed by atoms with van der Waals surface area (Å²) in [5, 5.41) is 2.63. The molecule has 120 valence electrons. The molecule has 1 aromatic rings. The van der Waals surface area contributed by atoms with Gasteiger partial charge in [-0.2, -0.15) is 13.2 Å². The number of benzene rings is 1. The Labute approximate surface area is 125 Å². The molecule has 0 saturated heterocycles. The Kier molecular flexibility index (Phi) is 4.73. The molecule has 4 nitrogen and oxygen atoms in total. The zero-order valence-electron chi connectivity index (χ0n) is 11.9. The third-order valence-corrected chi connectivity index (χ3v) is 3.65. The average Bonchev–Trinajstić information content (AvgIpc) is 3.26. The molecule has 7 heteroatoms. The summed E-state index contributed by atoms with van der Waals surface area (Å²) in [7, 11) is 1.27. The highest BCUT2D eigenvalue weighted by molar-refractivity contribution is 5.83. The van der Waals surface area contributed by atoms with E-state index in [4.69, 9.17) is 0 Å². The summed E-state index contributed by atoms with van der Waals surface area (Å²) in [5.74, 6) is -0.890. The van der Waals surface area contributed by atoms with Crippen molar-refractivity contribution < 1.29 is 27.5 Å². The van der Waals surface area contributed by atoms with Crippen molar-refractivity contribution in [1.82, 2.24) is 5.32 Å². The monoisotopic (exact) mass is 315 g/mol. The standard InChI is InChI=1S/C15H16F3NO3/c1-22-13(20)6-7-19-14(21)12-8-11(12)9-2-4-10(5-3-9)15(16,17)18/h2-5,11-12H,6-8H2,1H3,(H,19,21). The molecule has 1 fully saturated rings. The van der Waals surface area contributed by atoms with Gasteiger partial charge in [0.15, 0.2) is 0 Å². The molecular weight excluding hydrogens is 299 g/mol. The highest BCUT2D eigenvalue weighted by atomic mass is 19.4. The van der Waals surface area contributed by atoms with Gasteiger partial charge in [0.2, 0.25) is 5.91 Å². The lowest BCUT2D eigenvalue weighted by Gasteiger charge is -2.07. The highest BCUT2D eigenvalue weighted by Crippen LogP contribution is 2.47. The van der Waals surface area contributed by atoms with Crippen molar-refractivity contribution in [2.45, 2.75) is 24.9 Å². The van der Waals surface area contributed by atoms with Crippen molar-refractivity contribution in [2.24, 2.45) is 5.92 Å². The maximum atomic E-state index is 12.5. The Morgan fingerprint density at radius 2 is 1.91 bits per heavy atom. The van der Waals surface area contributed by atoms with E-state index in [2.05, 4.69) is 10.1 Å². The van der Waals surface area contributed by atoms with Crippen LogP contribution in [-0.4, -0.2) is 25.5 Å². The number of amides is 1. The first-order chi connectivity index (χ1) is 10.3. The van der Waals surface area contributed by atoms with Gasteiger partial charge in [-0.1, -0.05) is 12.1 Å². The molecule has 2 rings (SSSR count).